The zero-order valence-electron chi connectivity index (χ0n) is 13.7. The number of rotatable bonds is 2. The number of anilines is 2. The number of hydrogen-bond acceptors (Lipinski definition) is 3. The fourth-order valence-corrected chi connectivity index (χ4v) is 3.08. The monoisotopic (exact) mass is 316 g/mol. The van der Waals surface area contributed by atoms with E-state index in [4.69, 9.17) is 0 Å². The largest absolute Gasteiger partial charge is 0.373 e. The van der Waals surface area contributed by atoms with Crippen LogP contribution in [0.1, 0.15) is 23.4 Å². The number of aryl methyl sites for hydroxylation is 2. The van der Waals surface area contributed by atoms with Gasteiger partial charge in [-0.25, -0.2) is 4.39 Å². The average Bonchev–Trinajstić information content (AvgIpc) is 2.74. The molecule has 5 nitrogen and oxygen atoms in total. The molecule has 2 aromatic rings. The first-order valence-electron chi connectivity index (χ1n) is 7.79. The summed E-state index contributed by atoms with van der Waals surface area (Å²) in [6.07, 6.45) is 1.15. The molecule has 0 bridgehead atoms. The van der Waals surface area contributed by atoms with E-state index in [1.807, 2.05) is 25.8 Å². The lowest BCUT2D eigenvalue weighted by atomic mass is 10.1. The van der Waals surface area contributed by atoms with Crippen molar-refractivity contribution in [2.45, 2.75) is 26.7 Å². The van der Waals surface area contributed by atoms with Gasteiger partial charge in [-0.1, -0.05) is 0 Å². The van der Waals surface area contributed by atoms with Gasteiger partial charge in [0.25, 0.3) is 0 Å². The predicted molar refractivity (Wildman–Crippen MR) is 88.4 cm³/mol. The first-order chi connectivity index (χ1) is 11.0. The molecule has 1 amide bonds. The highest BCUT2D eigenvalue weighted by atomic mass is 19.1. The Labute approximate surface area is 135 Å². The maximum atomic E-state index is 13.6. The van der Waals surface area contributed by atoms with Crippen molar-refractivity contribution in [2.24, 2.45) is 0 Å². The van der Waals surface area contributed by atoms with Crippen molar-refractivity contribution in [3.63, 3.8) is 0 Å². The molecule has 0 atom stereocenters. The Morgan fingerprint density at radius 3 is 2.78 bits per heavy atom. The maximum absolute atomic E-state index is 13.6. The van der Waals surface area contributed by atoms with E-state index >= 15 is 0 Å². The van der Waals surface area contributed by atoms with E-state index in [1.54, 1.807) is 11.0 Å². The molecule has 23 heavy (non-hydrogen) atoms. The summed E-state index contributed by atoms with van der Waals surface area (Å²) in [6.45, 7) is 5.25. The SMILES string of the molecule is Cc1n[nH]c(C)c1CC(=O)N1CCCN(C)c2cc(F)ccc21. The van der Waals surface area contributed by atoms with Crippen LogP contribution < -0.4 is 9.80 Å². The summed E-state index contributed by atoms with van der Waals surface area (Å²) in [5.41, 5.74) is 4.24. The molecule has 0 saturated carbocycles. The number of fused-ring (bicyclic) bond motifs is 1. The fraction of sp³-hybridized carbons (Fsp3) is 0.412. The molecule has 122 valence electrons. The quantitative estimate of drug-likeness (QED) is 0.926. The van der Waals surface area contributed by atoms with Crippen LogP contribution in [-0.2, 0) is 11.2 Å². The third kappa shape index (κ3) is 2.93. The highest BCUT2D eigenvalue weighted by molar-refractivity contribution is 5.98. The number of H-pyrrole nitrogens is 1. The molecule has 0 saturated heterocycles. The summed E-state index contributed by atoms with van der Waals surface area (Å²) in [5.74, 6) is -0.271. The molecule has 0 fully saturated rings. The molecule has 0 unspecified atom stereocenters. The van der Waals surface area contributed by atoms with Crippen LogP contribution in [0.5, 0.6) is 0 Å². The van der Waals surface area contributed by atoms with E-state index in [0.29, 0.717) is 13.0 Å². The van der Waals surface area contributed by atoms with Crippen molar-refractivity contribution in [3.05, 3.63) is 41.0 Å². The van der Waals surface area contributed by atoms with Crippen molar-refractivity contribution in [2.75, 3.05) is 29.9 Å². The first-order valence-corrected chi connectivity index (χ1v) is 7.79. The maximum Gasteiger partial charge on any atom is 0.231 e. The second-order valence-corrected chi connectivity index (χ2v) is 6.04. The van der Waals surface area contributed by atoms with E-state index in [9.17, 15) is 9.18 Å². The van der Waals surface area contributed by atoms with Gasteiger partial charge in [-0.15, -0.1) is 0 Å². The Kier molecular flexibility index (Phi) is 4.07. The summed E-state index contributed by atoms with van der Waals surface area (Å²) in [6, 6.07) is 4.60. The molecule has 0 spiro atoms. The lowest BCUT2D eigenvalue weighted by molar-refractivity contribution is -0.118. The van der Waals surface area contributed by atoms with Crippen LogP contribution in [0.25, 0.3) is 0 Å². The Morgan fingerprint density at radius 2 is 2.09 bits per heavy atom. The van der Waals surface area contributed by atoms with Crippen LogP contribution in [0.4, 0.5) is 15.8 Å². The normalized spacial score (nSPS) is 14.6. The predicted octanol–water partition coefficient (Wildman–Crippen LogP) is 2.58. The van der Waals surface area contributed by atoms with E-state index in [-0.39, 0.29) is 11.7 Å². The number of hydrogen-bond donors (Lipinski definition) is 1. The van der Waals surface area contributed by atoms with Gasteiger partial charge in [-0.05, 0) is 38.5 Å². The van der Waals surface area contributed by atoms with Crippen LogP contribution in [0.2, 0.25) is 0 Å². The molecule has 1 N–H and O–H groups in total. The van der Waals surface area contributed by atoms with Gasteiger partial charge in [0.1, 0.15) is 5.82 Å². The van der Waals surface area contributed by atoms with Gasteiger partial charge in [0.2, 0.25) is 5.91 Å². The molecule has 6 heteroatoms. The molecular weight excluding hydrogens is 295 g/mol. The number of aromatic nitrogens is 2. The Hall–Kier alpha value is -2.37. The molecule has 1 aliphatic rings. The molecule has 1 aromatic carbocycles. The molecule has 0 aliphatic carbocycles. The smallest absolute Gasteiger partial charge is 0.231 e. The molecule has 1 aliphatic heterocycles. The van der Waals surface area contributed by atoms with Gasteiger partial charge in [-0.3, -0.25) is 9.89 Å². The van der Waals surface area contributed by atoms with Gasteiger partial charge in [-0.2, -0.15) is 5.10 Å². The van der Waals surface area contributed by atoms with Crippen LogP contribution in [0.15, 0.2) is 18.2 Å². The van der Waals surface area contributed by atoms with Crippen molar-refractivity contribution in [3.8, 4) is 0 Å². The van der Waals surface area contributed by atoms with Crippen LogP contribution in [0, 0.1) is 19.7 Å². The molecule has 1 aromatic heterocycles. The lowest BCUT2D eigenvalue weighted by Gasteiger charge is -2.24. The summed E-state index contributed by atoms with van der Waals surface area (Å²) in [7, 11) is 1.93. The van der Waals surface area contributed by atoms with Crippen molar-refractivity contribution < 1.29 is 9.18 Å². The molecule has 0 radical (unpaired) electrons. The number of benzene rings is 1. The number of nitrogens with one attached hydrogen (secondary N) is 1. The summed E-state index contributed by atoms with van der Waals surface area (Å²) < 4.78 is 13.6. The number of aromatic amines is 1. The minimum Gasteiger partial charge on any atom is -0.373 e. The summed E-state index contributed by atoms with van der Waals surface area (Å²) >= 11 is 0. The topological polar surface area (TPSA) is 52.2 Å². The van der Waals surface area contributed by atoms with Crippen LogP contribution in [-0.4, -0.2) is 36.2 Å². The second-order valence-electron chi connectivity index (χ2n) is 6.04. The molecular formula is C17H21FN4O. The molecule has 3 rings (SSSR count). The van der Waals surface area contributed by atoms with E-state index in [1.165, 1.54) is 12.1 Å². The average molecular weight is 316 g/mol. The van der Waals surface area contributed by atoms with Gasteiger partial charge in [0.05, 0.1) is 23.5 Å². The van der Waals surface area contributed by atoms with Gasteiger partial charge < -0.3 is 9.80 Å². The minimum absolute atomic E-state index is 0.0146. The number of carbonyl (C=O) groups excluding carboxylic acids is 1. The fourth-order valence-electron chi connectivity index (χ4n) is 3.08. The standard InChI is InChI=1S/C17H21FN4O/c1-11-14(12(2)20-19-11)10-17(23)22-8-4-7-21(3)16-9-13(18)5-6-15(16)22/h5-6,9H,4,7-8,10H2,1-3H3,(H,19,20). The minimum atomic E-state index is -0.286. The first kappa shape index (κ1) is 15.5. The van der Waals surface area contributed by atoms with Crippen LogP contribution >= 0.6 is 0 Å². The number of halogens is 1. The number of amides is 1. The third-order valence-corrected chi connectivity index (χ3v) is 4.42. The molecule has 2 heterocycles. The van der Waals surface area contributed by atoms with Crippen molar-refractivity contribution >= 4 is 17.3 Å². The van der Waals surface area contributed by atoms with Crippen LogP contribution in [0.3, 0.4) is 0 Å². The summed E-state index contributed by atoms with van der Waals surface area (Å²) in [5, 5.41) is 7.06. The third-order valence-electron chi connectivity index (χ3n) is 4.42. The zero-order chi connectivity index (χ0) is 16.6. The Balaban J connectivity index is 1.93. The summed E-state index contributed by atoms with van der Waals surface area (Å²) in [4.78, 5) is 16.6. The van der Waals surface area contributed by atoms with Gasteiger partial charge >= 0.3 is 0 Å². The van der Waals surface area contributed by atoms with Gasteiger partial charge in [0, 0.05) is 31.4 Å². The second kappa shape index (κ2) is 6.02. The van der Waals surface area contributed by atoms with Crippen molar-refractivity contribution in [1.82, 2.24) is 10.2 Å². The van der Waals surface area contributed by atoms with E-state index in [2.05, 4.69) is 10.2 Å². The number of carbonyl (C=O) groups is 1. The van der Waals surface area contributed by atoms with E-state index < -0.39 is 0 Å². The lowest BCUT2D eigenvalue weighted by Crippen LogP contribution is -2.33. The number of nitrogens with zero attached hydrogens (tertiary/aromatic N) is 3. The van der Waals surface area contributed by atoms with Crippen molar-refractivity contribution in [1.29, 1.82) is 0 Å². The highest BCUT2D eigenvalue weighted by Crippen LogP contribution is 2.32. The Bertz CT molecular complexity index is 721. The van der Waals surface area contributed by atoms with E-state index in [0.717, 1.165) is 41.3 Å². The van der Waals surface area contributed by atoms with Gasteiger partial charge in [0.15, 0.2) is 0 Å². The highest BCUT2D eigenvalue weighted by Gasteiger charge is 2.25. The Morgan fingerprint density at radius 1 is 1.30 bits per heavy atom. The zero-order valence-corrected chi connectivity index (χ0v) is 13.7.